The Hall–Kier alpha value is -3.01. The van der Waals surface area contributed by atoms with Gasteiger partial charge in [-0.25, -0.2) is 0 Å². The maximum atomic E-state index is 11.0. The van der Waals surface area contributed by atoms with Gasteiger partial charge in [-0.3, -0.25) is 4.79 Å². The van der Waals surface area contributed by atoms with E-state index in [2.05, 4.69) is 0 Å². The number of hydrogen-bond acceptors (Lipinski definition) is 3. The van der Waals surface area contributed by atoms with Crippen LogP contribution < -0.4 is 9.47 Å². The smallest absolute Gasteiger partial charge is 0.303 e. The molecule has 0 aliphatic rings. The zero-order chi connectivity index (χ0) is 18.4. The molecule has 26 heavy (non-hydrogen) atoms. The van der Waals surface area contributed by atoms with Crippen molar-refractivity contribution in [3.63, 3.8) is 0 Å². The summed E-state index contributed by atoms with van der Waals surface area (Å²) in [7, 11) is 0. The highest BCUT2D eigenvalue weighted by molar-refractivity contribution is 5.88. The van der Waals surface area contributed by atoms with Gasteiger partial charge in [-0.1, -0.05) is 48.0 Å². The van der Waals surface area contributed by atoms with Crippen molar-refractivity contribution in [2.45, 2.75) is 19.8 Å². The minimum Gasteiger partial charge on any atom is -0.490 e. The van der Waals surface area contributed by atoms with Gasteiger partial charge in [0.15, 0.2) is 0 Å². The minimum atomic E-state index is -0.813. The van der Waals surface area contributed by atoms with Gasteiger partial charge in [0.1, 0.15) is 24.7 Å². The van der Waals surface area contributed by atoms with Crippen molar-refractivity contribution in [2.24, 2.45) is 0 Å². The molecule has 0 fully saturated rings. The Balaban J connectivity index is 1.68. The van der Waals surface area contributed by atoms with E-state index < -0.39 is 5.97 Å². The van der Waals surface area contributed by atoms with Crippen LogP contribution >= 0.6 is 0 Å². The standard InChI is InChI=1S/C22H22O4/c1-16-6-9-18(10-7-16)25-14-15-26-21-12-8-17-4-2-3-5-19(17)20(21)11-13-22(23)24/h2-10,12H,11,13-15H2,1H3,(H,23,24). The average molecular weight is 350 g/mol. The number of benzene rings is 3. The molecule has 4 heteroatoms. The van der Waals surface area contributed by atoms with Crippen molar-refractivity contribution in [2.75, 3.05) is 13.2 Å². The van der Waals surface area contributed by atoms with Crippen molar-refractivity contribution in [1.29, 1.82) is 0 Å². The Morgan fingerprint density at radius 2 is 1.65 bits per heavy atom. The number of rotatable bonds is 8. The summed E-state index contributed by atoms with van der Waals surface area (Å²) in [5, 5.41) is 11.1. The molecule has 3 aromatic carbocycles. The molecular weight excluding hydrogens is 328 g/mol. The predicted molar refractivity (Wildman–Crippen MR) is 102 cm³/mol. The maximum Gasteiger partial charge on any atom is 0.303 e. The molecule has 3 rings (SSSR count). The number of fused-ring (bicyclic) bond motifs is 1. The molecule has 0 unspecified atom stereocenters. The molecule has 0 heterocycles. The van der Waals surface area contributed by atoms with Crippen molar-refractivity contribution >= 4 is 16.7 Å². The van der Waals surface area contributed by atoms with E-state index in [0.717, 1.165) is 27.8 Å². The zero-order valence-corrected chi connectivity index (χ0v) is 14.8. The lowest BCUT2D eigenvalue weighted by molar-refractivity contribution is -0.136. The van der Waals surface area contributed by atoms with E-state index in [1.807, 2.05) is 67.6 Å². The Kier molecular flexibility index (Phi) is 5.74. The lowest BCUT2D eigenvalue weighted by Crippen LogP contribution is -2.10. The number of hydrogen-bond donors (Lipinski definition) is 1. The number of aliphatic carboxylic acids is 1. The third kappa shape index (κ3) is 4.54. The van der Waals surface area contributed by atoms with E-state index in [9.17, 15) is 4.79 Å². The quantitative estimate of drug-likeness (QED) is 0.602. The Morgan fingerprint density at radius 1 is 0.923 bits per heavy atom. The van der Waals surface area contributed by atoms with Gasteiger partial charge in [-0.05, 0) is 42.3 Å². The van der Waals surface area contributed by atoms with Gasteiger partial charge >= 0.3 is 5.97 Å². The number of ether oxygens (including phenoxy) is 2. The van der Waals surface area contributed by atoms with Crippen molar-refractivity contribution < 1.29 is 19.4 Å². The summed E-state index contributed by atoms with van der Waals surface area (Å²) in [6.45, 7) is 2.85. The molecule has 0 bridgehead atoms. The first kappa shape index (κ1) is 17.8. The highest BCUT2D eigenvalue weighted by atomic mass is 16.5. The minimum absolute atomic E-state index is 0.0736. The molecular formula is C22H22O4. The molecule has 4 nitrogen and oxygen atoms in total. The van der Waals surface area contributed by atoms with Crippen LogP contribution in [0.15, 0.2) is 60.7 Å². The molecule has 0 aliphatic carbocycles. The summed E-state index contributed by atoms with van der Waals surface area (Å²) >= 11 is 0. The van der Waals surface area contributed by atoms with Crippen LogP contribution in [0.25, 0.3) is 10.8 Å². The van der Waals surface area contributed by atoms with Crippen LogP contribution in [0.3, 0.4) is 0 Å². The van der Waals surface area contributed by atoms with E-state index in [0.29, 0.717) is 19.6 Å². The van der Waals surface area contributed by atoms with Crippen LogP contribution in [0.4, 0.5) is 0 Å². The summed E-state index contributed by atoms with van der Waals surface area (Å²) in [5.41, 5.74) is 2.12. The van der Waals surface area contributed by atoms with Gasteiger partial charge in [0.05, 0.1) is 0 Å². The van der Waals surface area contributed by atoms with Crippen LogP contribution in [-0.2, 0) is 11.2 Å². The van der Waals surface area contributed by atoms with Gasteiger partial charge in [-0.15, -0.1) is 0 Å². The SMILES string of the molecule is Cc1ccc(OCCOc2ccc3ccccc3c2CCC(=O)O)cc1. The van der Waals surface area contributed by atoms with Gasteiger partial charge in [0, 0.05) is 12.0 Å². The Bertz CT molecular complexity index is 884. The first-order valence-corrected chi connectivity index (χ1v) is 8.68. The largest absolute Gasteiger partial charge is 0.490 e. The summed E-state index contributed by atoms with van der Waals surface area (Å²) in [4.78, 5) is 11.0. The maximum absolute atomic E-state index is 11.0. The highest BCUT2D eigenvalue weighted by Gasteiger charge is 2.11. The van der Waals surface area contributed by atoms with Gasteiger partial charge in [0.2, 0.25) is 0 Å². The summed E-state index contributed by atoms with van der Waals surface area (Å²) < 4.78 is 11.6. The van der Waals surface area contributed by atoms with E-state index in [-0.39, 0.29) is 6.42 Å². The fraction of sp³-hybridized carbons (Fsp3) is 0.227. The summed E-state index contributed by atoms with van der Waals surface area (Å²) in [5.74, 6) is 0.716. The van der Waals surface area contributed by atoms with Crippen LogP contribution in [-0.4, -0.2) is 24.3 Å². The predicted octanol–water partition coefficient (Wildman–Crippen LogP) is 4.62. The topological polar surface area (TPSA) is 55.8 Å². The molecule has 0 radical (unpaired) electrons. The molecule has 134 valence electrons. The van der Waals surface area contributed by atoms with Crippen molar-refractivity contribution in [1.82, 2.24) is 0 Å². The number of carboxylic acids is 1. The summed E-state index contributed by atoms with van der Waals surface area (Å²) in [6, 6.07) is 19.7. The molecule has 0 saturated heterocycles. The Labute approximate surface area is 153 Å². The van der Waals surface area contributed by atoms with E-state index in [1.165, 1.54) is 5.56 Å². The van der Waals surface area contributed by atoms with E-state index in [1.54, 1.807) is 0 Å². The number of carboxylic acid groups (broad SMARTS) is 1. The first-order chi connectivity index (χ1) is 12.6. The molecule has 0 amide bonds. The summed E-state index contributed by atoms with van der Waals surface area (Å²) in [6.07, 6.45) is 0.509. The molecule has 0 aliphatic heterocycles. The fourth-order valence-electron chi connectivity index (χ4n) is 2.89. The number of carbonyl (C=O) groups is 1. The van der Waals surface area contributed by atoms with Crippen LogP contribution in [0, 0.1) is 6.92 Å². The van der Waals surface area contributed by atoms with Gasteiger partial charge in [-0.2, -0.15) is 0 Å². The third-order valence-electron chi connectivity index (χ3n) is 4.22. The van der Waals surface area contributed by atoms with Gasteiger partial charge < -0.3 is 14.6 Å². The lowest BCUT2D eigenvalue weighted by atomic mass is 10.00. The molecule has 1 N–H and O–H groups in total. The van der Waals surface area contributed by atoms with Crippen molar-refractivity contribution in [3.05, 3.63) is 71.8 Å². The van der Waals surface area contributed by atoms with Crippen LogP contribution in [0.1, 0.15) is 17.5 Å². The van der Waals surface area contributed by atoms with E-state index >= 15 is 0 Å². The fourth-order valence-corrected chi connectivity index (χ4v) is 2.89. The third-order valence-corrected chi connectivity index (χ3v) is 4.22. The monoisotopic (exact) mass is 350 g/mol. The van der Waals surface area contributed by atoms with E-state index in [4.69, 9.17) is 14.6 Å². The number of aryl methyl sites for hydroxylation is 2. The van der Waals surface area contributed by atoms with Gasteiger partial charge in [0.25, 0.3) is 0 Å². The normalized spacial score (nSPS) is 10.7. The second kappa shape index (κ2) is 8.39. The average Bonchev–Trinajstić information content (AvgIpc) is 2.65. The molecule has 3 aromatic rings. The second-order valence-electron chi connectivity index (χ2n) is 6.17. The zero-order valence-electron chi connectivity index (χ0n) is 14.8. The molecule has 0 aromatic heterocycles. The van der Waals surface area contributed by atoms with Crippen LogP contribution in [0.2, 0.25) is 0 Å². The molecule has 0 saturated carbocycles. The van der Waals surface area contributed by atoms with Crippen LogP contribution in [0.5, 0.6) is 11.5 Å². The first-order valence-electron chi connectivity index (χ1n) is 8.68. The molecule has 0 atom stereocenters. The highest BCUT2D eigenvalue weighted by Crippen LogP contribution is 2.29. The molecule has 0 spiro atoms. The lowest BCUT2D eigenvalue weighted by Gasteiger charge is -2.14. The Morgan fingerprint density at radius 3 is 2.42 bits per heavy atom. The van der Waals surface area contributed by atoms with Crippen molar-refractivity contribution in [3.8, 4) is 11.5 Å². The second-order valence-corrected chi connectivity index (χ2v) is 6.17.